The third-order valence-electron chi connectivity index (χ3n) is 7.30. The molecule has 5 N–H and O–H groups in total. The molecule has 3 aromatic rings. The van der Waals surface area contributed by atoms with Crippen molar-refractivity contribution < 1.29 is 39.3 Å². The summed E-state index contributed by atoms with van der Waals surface area (Å²) in [6.07, 6.45) is 3.23. The number of carbonyl (C=O) groups excluding carboxylic acids is 2. The smallest absolute Gasteiger partial charge is 0.335 e. The molecule has 44 heavy (non-hydrogen) atoms. The van der Waals surface area contributed by atoms with E-state index in [2.05, 4.69) is 5.32 Å². The molecule has 2 amide bonds. The molecule has 0 spiro atoms. The van der Waals surface area contributed by atoms with Crippen molar-refractivity contribution in [3.05, 3.63) is 95.1 Å². The molecular formula is C33H38N2O8S. The van der Waals surface area contributed by atoms with Gasteiger partial charge in [0.1, 0.15) is 0 Å². The number of aliphatic hydroxyl groups is 1. The van der Waals surface area contributed by atoms with E-state index in [-0.39, 0.29) is 36.7 Å². The van der Waals surface area contributed by atoms with Crippen LogP contribution in [0.3, 0.4) is 0 Å². The second kappa shape index (κ2) is 16.9. The van der Waals surface area contributed by atoms with Crippen molar-refractivity contribution in [2.45, 2.75) is 74.9 Å². The summed E-state index contributed by atoms with van der Waals surface area (Å²) in [5.41, 5.74) is 5.14. The van der Waals surface area contributed by atoms with E-state index in [0.717, 1.165) is 34.4 Å². The predicted molar refractivity (Wildman–Crippen MR) is 165 cm³/mol. The van der Waals surface area contributed by atoms with Gasteiger partial charge < -0.3 is 25.0 Å². The molecule has 0 saturated carbocycles. The Morgan fingerprint density at radius 3 is 2.05 bits per heavy atom. The van der Waals surface area contributed by atoms with Crippen LogP contribution in [-0.2, 0) is 25.7 Å². The molecule has 0 radical (unpaired) electrons. The summed E-state index contributed by atoms with van der Waals surface area (Å²) >= 11 is 1.59. The highest BCUT2D eigenvalue weighted by molar-refractivity contribution is 7.99. The monoisotopic (exact) mass is 622 g/mol. The fraction of sp³-hybridized carbons (Fsp3) is 0.364. The van der Waals surface area contributed by atoms with E-state index in [1.807, 2.05) is 48.5 Å². The van der Waals surface area contributed by atoms with E-state index >= 15 is 0 Å². The largest absolute Gasteiger partial charge is 0.478 e. The molecule has 1 saturated heterocycles. The molecule has 234 valence electrons. The van der Waals surface area contributed by atoms with Crippen molar-refractivity contribution in [3.63, 3.8) is 0 Å². The Kier molecular flexibility index (Phi) is 12.8. The van der Waals surface area contributed by atoms with Crippen LogP contribution in [0, 0.1) is 0 Å². The number of benzene rings is 3. The van der Waals surface area contributed by atoms with Crippen LogP contribution in [0.4, 0.5) is 5.69 Å². The number of carboxylic acid groups (broad SMARTS) is 1. The molecule has 1 heterocycles. The summed E-state index contributed by atoms with van der Waals surface area (Å²) < 4.78 is 12.8. The van der Waals surface area contributed by atoms with Gasteiger partial charge in [-0.3, -0.25) is 14.8 Å². The van der Waals surface area contributed by atoms with Crippen molar-refractivity contribution in [1.29, 1.82) is 0 Å². The van der Waals surface area contributed by atoms with Crippen molar-refractivity contribution in [2.24, 2.45) is 0 Å². The van der Waals surface area contributed by atoms with Crippen molar-refractivity contribution in [2.75, 3.05) is 11.1 Å². The maximum Gasteiger partial charge on any atom is 0.335 e. The minimum Gasteiger partial charge on any atom is -0.478 e. The molecule has 11 heteroatoms. The highest BCUT2D eigenvalue weighted by Gasteiger charge is 2.32. The van der Waals surface area contributed by atoms with Gasteiger partial charge in [-0.05, 0) is 60.4 Å². The lowest BCUT2D eigenvalue weighted by molar-refractivity contribution is -0.245. The first-order chi connectivity index (χ1) is 21.3. The Hall–Kier alpha value is -3.74. The lowest BCUT2D eigenvalue weighted by Gasteiger charge is -2.36. The molecule has 1 aliphatic heterocycles. The summed E-state index contributed by atoms with van der Waals surface area (Å²) in [6.45, 7) is -0.0358. The fourth-order valence-electron chi connectivity index (χ4n) is 4.83. The molecule has 4 rings (SSSR count). The number of nitrogens with one attached hydrogen (secondary N) is 2. The summed E-state index contributed by atoms with van der Waals surface area (Å²) in [5.74, 6) is -0.810. The number of ether oxygens (including phenoxy) is 2. The highest BCUT2D eigenvalue weighted by Crippen LogP contribution is 2.39. The third kappa shape index (κ3) is 10.2. The summed E-state index contributed by atoms with van der Waals surface area (Å²) in [4.78, 5) is 35.6. The Morgan fingerprint density at radius 2 is 1.43 bits per heavy atom. The number of thioether (sulfide) groups is 1. The molecule has 1 fully saturated rings. The van der Waals surface area contributed by atoms with E-state index in [1.54, 1.807) is 41.5 Å². The Morgan fingerprint density at radius 1 is 0.795 bits per heavy atom. The van der Waals surface area contributed by atoms with Crippen LogP contribution < -0.4 is 10.8 Å². The molecule has 0 unspecified atom stereocenters. The number of hydroxylamine groups is 1. The molecule has 1 aliphatic rings. The van der Waals surface area contributed by atoms with Gasteiger partial charge in [0.25, 0.3) is 0 Å². The normalized spacial score (nSPS) is 18.0. The van der Waals surface area contributed by atoms with E-state index in [4.69, 9.17) is 19.8 Å². The number of aromatic carboxylic acids is 1. The van der Waals surface area contributed by atoms with E-state index in [9.17, 15) is 19.5 Å². The third-order valence-corrected chi connectivity index (χ3v) is 8.45. The van der Waals surface area contributed by atoms with Gasteiger partial charge >= 0.3 is 5.97 Å². The van der Waals surface area contributed by atoms with Gasteiger partial charge in [0.15, 0.2) is 6.29 Å². The van der Waals surface area contributed by atoms with Gasteiger partial charge in [0.05, 0.1) is 24.4 Å². The number of unbranched alkanes of at least 4 members (excludes halogenated alkanes) is 3. The number of rotatable bonds is 15. The van der Waals surface area contributed by atoms with Crippen molar-refractivity contribution in [1.82, 2.24) is 5.48 Å². The fourth-order valence-corrected chi connectivity index (χ4v) is 5.75. The van der Waals surface area contributed by atoms with Crippen LogP contribution >= 0.6 is 11.8 Å². The minimum absolute atomic E-state index is 0.0358. The zero-order chi connectivity index (χ0) is 31.3. The molecule has 0 bridgehead atoms. The second-order valence-corrected chi connectivity index (χ2v) is 11.7. The zero-order valence-electron chi connectivity index (χ0n) is 24.3. The van der Waals surface area contributed by atoms with Gasteiger partial charge in [-0.1, -0.05) is 49.2 Å². The topological polar surface area (TPSA) is 154 Å². The van der Waals surface area contributed by atoms with Gasteiger partial charge in [0, 0.05) is 41.2 Å². The Labute approximate surface area is 260 Å². The average molecular weight is 623 g/mol. The number of carboxylic acids is 1. The summed E-state index contributed by atoms with van der Waals surface area (Å²) in [7, 11) is 0. The minimum atomic E-state index is -0.961. The van der Waals surface area contributed by atoms with Crippen LogP contribution in [0.2, 0.25) is 0 Å². The van der Waals surface area contributed by atoms with E-state index in [1.165, 1.54) is 0 Å². The number of carbonyl (C=O) groups is 3. The Bertz CT molecular complexity index is 1370. The number of anilines is 1. The standard InChI is InChI=1S/C33H38N2O8S/c36-20-22-7-9-23(10-8-22)29-19-27(21-44-28-17-13-24(14-18-28)32(39)40)42-33(43-29)25-11-15-26(16-12-25)34-30(37)5-3-1-2-4-6-31(38)35-41/h7-18,27,29,33,36,41H,1-6,19-21H2,(H,34,37)(H,35,38)(H,39,40)/t27-,29+,33+/m0/s1. The maximum absolute atomic E-state index is 12.4. The van der Waals surface area contributed by atoms with Gasteiger partial charge in [0.2, 0.25) is 11.8 Å². The SMILES string of the molecule is O=C(CCCCCCC(=O)Nc1ccc([C@@H]2O[C@H](CSc3ccc(C(=O)O)cc3)C[C@H](c3ccc(CO)cc3)O2)cc1)NO. The van der Waals surface area contributed by atoms with Crippen LogP contribution in [0.1, 0.15) is 84.4 Å². The highest BCUT2D eigenvalue weighted by atomic mass is 32.2. The second-order valence-electron chi connectivity index (χ2n) is 10.6. The zero-order valence-corrected chi connectivity index (χ0v) is 25.1. The first kappa shape index (κ1) is 33.2. The lowest BCUT2D eigenvalue weighted by Crippen LogP contribution is -2.31. The lowest BCUT2D eigenvalue weighted by atomic mass is 10.0. The van der Waals surface area contributed by atoms with Gasteiger partial charge in [-0.25, -0.2) is 10.3 Å². The van der Waals surface area contributed by atoms with E-state index < -0.39 is 18.2 Å². The molecule has 10 nitrogen and oxygen atoms in total. The molecule has 3 atom stereocenters. The first-order valence-electron chi connectivity index (χ1n) is 14.6. The Balaban J connectivity index is 1.35. The average Bonchev–Trinajstić information content (AvgIpc) is 3.05. The summed E-state index contributed by atoms with van der Waals surface area (Å²) in [5, 5.41) is 30.0. The predicted octanol–water partition coefficient (Wildman–Crippen LogP) is 6.00. The van der Waals surface area contributed by atoms with Crippen LogP contribution in [0.5, 0.6) is 0 Å². The molecule has 3 aromatic carbocycles. The van der Waals surface area contributed by atoms with Gasteiger partial charge in [-0.2, -0.15) is 0 Å². The first-order valence-corrected chi connectivity index (χ1v) is 15.6. The number of hydrogen-bond acceptors (Lipinski definition) is 8. The quantitative estimate of drug-likeness (QED) is 0.0594. The van der Waals surface area contributed by atoms with E-state index in [0.29, 0.717) is 37.1 Å². The van der Waals surface area contributed by atoms with Crippen molar-refractivity contribution >= 4 is 35.2 Å². The number of amides is 2. The van der Waals surface area contributed by atoms with Crippen LogP contribution in [0.25, 0.3) is 0 Å². The molecule has 0 aliphatic carbocycles. The van der Waals surface area contributed by atoms with Crippen LogP contribution in [0.15, 0.2) is 77.7 Å². The van der Waals surface area contributed by atoms with Gasteiger partial charge in [-0.15, -0.1) is 11.8 Å². The molecular weight excluding hydrogens is 584 g/mol. The van der Waals surface area contributed by atoms with Crippen molar-refractivity contribution in [3.8, 4) is 0 Å². The molecule has 0 aromatic heterocycles. The van der Waals surface area contributed by atoms with Crippen LogP contribution in [-0.4, -0.2) is 45.1 Å². The number of aliphatic hydroxyl groups excluding tert-OH is 1. The number of hydrogen-bond donors (Lipinski definition) is 5. The summed E-state index contributed by atoms with van der Waals surface area (Å²) in [6, 6.07) is 21.8. The maximum atomic E-state index is 12.4.